The van der Waals surface area contributed by atoms with E-state index in [1.807, 2.05) is 0 Å². The summed E-state index contributed by atoms with van der Waals surface area (Å²) in [7, 11) is 0. The molecule has 58 heavy (non-hydrogen) atoms. The molecule has 0 fully saturated rings. The van der Waals surface area contributed by atoms with E-state index in [2.05, 4.69) is 231 Å². The Balaban J connectivity index is 1.11. The van der Waals surface area contributed by atoms with E-state index < -0.39 is 0 Å². The molecule has 0 N–H and O–H groups in total. The minimum atomic E-state index is -0.100. The third-order valence-electron chi connectivity index (χ3n) is 12.4. The van der Waals surface area contributed by atoms with E-state index in [0.29, 0.717) is 0 Å². The second-order valence-corrected chi connectivity index (χ2v) is 16.1. The molecule has 1 heteroatoms. The highest BCUT2D eigenvalue weighted by atomic mass is 15.1. The number of rotatable bonds is 6. The van der Waals surface area contributed by atoms with Crippen LogP contribution in [0.25, 0.3) is 76.8 Å². The molecule has 0 bridgehead atoms. The lowest BCUT2D eigenvalue weighted by Crippen LogP contribution is -2.16. The van der Waals surface area contributed by atoms with Crippen molar-refractivity contribution in [2.45, 2.75) is 19.3 Å². The molecular formula is C57H41N. The first-order chi connectivity index (χ1) is 28.5. The van der Waals surface area contributed by atoms with Crippen molar-refractivity contribution < 1.29 is 0 Å². The number of nitrogens with zero attached hydrogens (tertiary/aromatic N) is 1. The highest BCUT2D eigenvalue weighted by Crippen LogP contribution is 2.52. The Bertz CT molecular complexity index is 3200. The summed E-state index contributed by atoms with van der Waals surface area (Å²) in [6.07, 6.45) is 0. The molecule has 0 saturated heterocycles. The van der Waals surface area contributed by atoms with E-state index in [-0.39, 0.29) is 5.41 Å². The normalized spacial score (nSPS) is 12.8. The maximum Gasteiger partial charge on any atom is 0.0546 e. The molecular weight excluding hydrogens is 699 g/mol. The van der Waals surface area contributed by atoms with Gasteiger partial charge in [-0.05, 0) is 107 Å². The van der Waals surface area contributed by atoms with E-state index >= 15 is 0 Å². The van der Waals surface area contributed by atoms with Gasteiger partial charge in [-0.3, -0.25) is 0 Å². The van der Waals surface area contributed by atoms with Crippen LogP contribution in [0.4, 0.5) is 17.1 Å². The Morgan fingerprint density at radius 1 is 0.328 bits per heavy atom. The second kappa shape index (κ2) is 13.5. The number of benzene rings is 10. The second-order valence-electron chi connectivity index (χ2n) is 16.1. The maximum absolute atomic E-state index is 2.48. The Labute approximate surface area is 340 Å². The lowest BCUT2D eigenvalue weighted by atomic mass is 9.79. The van der Waals surface area contributed by atoms with Gasteiger partial charge in [-0.25, -0.2) is 0 Å². The number of hydrogen-bond acceptors (Lipinski definition) is 1. The fourth-order valence-electron chi connectivity index (χ4n) is 9.75. The van der Waals surface area contributed by atoms with Gasteiger partial charge in [0.25, 0.3) is 0 Å². The Hall–Kier alpha value is -7.22. The van der Waals surface area contributed by atoms with Crippen LogP contribution in [0.1, 0.15) is 25.0 Å². The molecule has 0 aromatic heterocycles. The minimum absolute atomic E-state index is 0.100. The van der Waals surface area contributed by atoms with Crippen LogP contribution in [-0.2, 0) is 5.41 Å². The summed E-state index contributed by atoms with van der Waals surface area (Å²) in [5, 5.41) is 7.44. The van der Waals surface area contributed by atoms with Crippen LogP contribution in [-0.4, -0.2) is 0 Å². The highest BCUT2D eigenvalue weighted by molar-refractivity contribution is 6.15. The number of para-hydroxylation sites is 1. The van der Waals surface area contributed by atoms with E-state index in [4.69, 9.17) is 0 Å². The van der Waals surface area contributed by atoms with Gasteiger partial charge in [0.1, 0.15) is 0 Å². The van der Waals surface area contributed by atoms with Crippen LogP contribution < -0.4 is 4.90 Å². The van der Waals surface area contributed by atoms with Gasteiger partial charge < -0.3 is 4.90 Å². The van der Waals surface area contributed by atoms with Crippen LogP contribution >= 0.6 is 0 Å². The molecule has 0 amide bonds. The van der Waals surface area contributed by atoms with Crippen LogP contribution in [0.2, 0.25) is 0 Å². The minimum Gasteiger partial charge on any atom is -0.309 e. The van der Waals surface area contributed by atoms with Gasteiger partial charge in [0.15, 0.2) is 0 Å². The predicted molar refractivity (Wildman–Crippen MR) is 248 cm³/mol. The van der Waals surface area contributed by atoms with Gasteiger partial charge in [0.05, 0.1) is 11.4 Å². The first-order valence-electron chi connectivity index (χ1n) is 20.3. The van der Waals surface area contributed by atoms with Crippen LogP contribution in [0, 0.1) is 0 Å². The first-order valence-corrected chi connectivity index (χ1v) is 20.3. The van der Waals surface area contributed by atoms with Crippen molar-refractivity contribution in [2.24, 2.45) is 0 Å². The van der Waals surface area contributed by atoms with Crippen LogP contribution in [0.15, 0.2) is 212 Å². The molecule has 1 aliphatic rings. The summed E-state index contributed by atoms with van der Waals surface area (Å²) in [6.45, 7) is 4.74. The van der Waals surface area contributed by atoms with Gasteiger partial charge in [-0.1, -0.05) is 196 Å². The van der Waals surface area contributed by atoms with Gasteiger partial charge in [-0.15, -0.1) is 0 Å². The summed E-state index contributed by atoms with van der Waals surface area (Å²) in [5.41, 5.74) is 16.1. The molecule has 0 saturated carbocycles. The molecule has 0 atom stereocenters. The molecule has 0 radical (unpaired) electrons. The third-order valence-corrected chi connectivity index (χ3v) is 12.4. The monoisotopic (exact) mass is 739 g/mol. The smallest absolute Gasteiger partial charge is 0.0546 e. The molecule has 1 aliphatic carbocycles. The third kappa shape index (κ3) is 5.39. The first kappa shape index (κ1) is 34.1. The predicted octanol–water partition coefficient (Wildman–Crippen LogP) is 15.9. The average Bonchev–Trinajstić information content (AvgIpc) is 3.52. The topological polar surface area (TPSA) is 3.24 Å². The molecule has 0 spiro atoms. The molecule has 10 aromatic rings. The van der Waals surface area contributed by atoms with E-state index in [9.17, 15) is 0 Å². The number of fused-ring (bicyclic) bond motifs is 7. The lowest BCUT2D eigenvalue weighted by Gasteiger charge is -2.30. The van der Waals surface area contributed by atoms with E-state index in [0.717, 1.165) is 17.1 Å². The summed E-state index contributed by atoms with van der Waals surface area (Å²) in [5.74, 6) is 0. The molecule has 0 heterocycles. The van der Waals surface area contributed by atoms with Crippen molar-refractivity contribution in [3.05, 3.63) is 223 Å². The maximum atomic E-state index is 2.48. The lowest BCUT2D eigenvalue weighted by molar-refractivity contribution is 0.662. The van der Waals surface area contributed by atoms with Crippen LogP contribution in [0.5, 0.6) is 0 Å². The zero-order valence-corrected chi connectivity index (χ0v) is 32.7. The molecule has 0 aliphatic heterocycles. The van der Waals surface area contributed by atoms with E-state index in [1.54, 1.807) is 0 Å². The van der Waals surface area contributed by atoms with E-state index in [1.165, 1.54) is 88.0 Å². The van der Waals surface area contributed by atoms with Crippen molar-refractivity contribution in [1.82, 2.24) is 0 Å². The molecule has 11 rings (SSSR count). The van der Waals surface area contributed by atoms with Crippen molar-refractivity contribution in [2.75, 3.05) is 4.90 Å². The van der Waals surface area contributed by atoms with Gasteiger partial charge in [-0.2, -0.15) is 0 Å². The van der Waals surface area contributed by atoms with Crippen molar-refractivity contribution in [3.63, 3.8) is 0 Å². The van der Waals surface area contributed by atoms with Gasteiger partial charge in [0, 0.05) is 22.1 Å². The quantitative estimate of drug-likeness (QED) is 0.154. The molecule has 1 nitrogen and oxygen atoms in total. The van der Waals surface area contributed by atoms with Gasteiger partial charge >= 0.3 is 0 Å². The van der Waals surface area contributed by atoms with Crippen molar-refractivity contribution in [3.8, 4) is 44.5 Å². The molecule has 274 valence electrons. The standard InChI is InChI=1S/C57H41N/c1-57(2)53-30-11-9-25-50(53)52-29-15-28-48(56(52)57)39-32-34-43(35-33-39)58(55-37-42-17-4-6-22-46(42)49-24-7-8-26-51(49)55)54-31-12-10-23-47(54)41-20-13-19-40(36-41)45-27-14-18-38-16-3-5-21-44(38)45/h3-37H,1-2H3. The zero-order valence-electron chi connectivity index (χ0n) is 32.7. The zero-order chi connectivity index (χ0) is 38.8. The van der Waals surface area contributed by atoms with Crippen LogP contribution in [0.3, 0.4) is 0 Å². The number of hydrogen-bond donors (Lipinski definition) is 0. The SMILES string of the molecule is CC1(C)c2ccccc2-c2cccc(-c3ccc(N(c4ccccc4-c4cccc(-c5cccc6ccccc56)c4)c4cc5ccccc5c5ccccc45)cc3)c21. The van der Waals surface area contributed by atoms with Crippen molar-refractivity contribution in [1.29, 1.82) is 0 Å². The highest BCUT2D eigenvalue weighted by Gasteiger charge is 2.37. The molecule has 10 aromatic carbocycles. The fraction of sp³-hybridized carbons (Fsp3) is 0.0526. The molecule has 0 unspecified atom stereocenters. The van der Waals surface area contributed by atoms with Gasteiger partial charge in [0.2, 0.25) is 0 Å². The van der Waals surface area contributed by atoms with Crippen molar-refractivity contribution >= 4 is 49.4 Å². The largest absolute Gasteiger partial charge is 0.309 e. The fourth-order valence-corrected chi connectivity index (χ4v) is 9.75. The Morgan fingerprint density at radius 2 is 0.879 bits per heavy atom. The summed E-state index contributed by atoms with van der Waals surface area (Å²) >= 11 is 0. The Morgan fingerprint density at radius 3 is 1.71 bits per heavy atom. The summed E-state index contributed by atoms with van der Waals surface area (Å²) in [4.78, 5) is 2.48. The number of anilines is 3. The Kier molecular flexibility index (Phi) is 7.91. The average molecular weight is 740 g/mol. The summed E-state index contributed by atoms with van der Waals surface area (Å²) in [6, 6.07) is 78.2. The summed E-state index contributed by atoms with van der Waals surface area (Å²) < 4.78 is 0.